The van der Waals surface area contributed by atoms with Gasteiger partial charge in [0.25, 0.3) is 0 Å². The monoisotopic (exact) mass is 842 g/mol. The molecule has 0 saturated heterocycles. The Labute approximate surface area is 318 Å². The van der Waals surface area contributed by atoms with Gasteiger partial charge in [0.15, 0.2) is 0 Å². The zero-order valence-corrected chi connectivity index (χ0v) is 35.6. The smallest absolute Gasteiger partial charge is 0.109 e. The molecule has 0 amide bonds. The fourth-order valence-corrected chi connectivity index (χ4v) is 6.73. The van der Waals surface area contributed by atoms with Crippen molar-refractivity contribution in [2.24, 2.45) is 0 Å². The van der Waals surface area contributed by atoms with Gasteiger partial charge in [0.1, 0.15) is 0 Å². The summed E-state index contributed by atoms with van der Waals surface area (Å²) in [4.78, 5) is 0. The predicted octanol–water partition coefficient (Wildman–Crippen LogP) is 6.67. The van der Waals surface area contributed by atoms with E-state index in [-0.39, 0.29) is 35.6 Å². The first-order valence-corrected chi connectivity index (χ1v) is 18.6. The Morgan fingerprint density at radius 2 is 1.02 bits per heavy atom. The fraction of sp³-hybridized carbons (Fsp3) is 0.333. The number of rotatable bonds is 4. The van der Waals surface area contributed by atoms with Crippen LogP contribution in [-0.2, 0) is 34.7 Å². The number of benzene rings is 4. The van der Waals surface area contributed by atoms with Crippen LogP contribution in [0.1, 0.15) is 121 Å². The summed E-state index contributed by atoms with van der Waals surface area (Å²) < 4.78 is 1.48. The molecule has 0 atom stereocenters. The van der Waals surface area contributed by atoms with Crippen LogP contribution in [0.2, 0.25) is 0 Å². The van der Waals surface area contributed by atoms with Crippen molar-refractivity contribution in [1.82, 2.24) is 0 Å². The molecule has 0 heterocycles. The average molecular weight is 842 g/mol. The average Bonchev–Trinajstić information content (AvgIpc) is 3.72. The summed E-state index contributed by atoms with van der Waals surface area (Å²) in [5.41, 5.74) is 8.79. The van der Waals surface area contributed by atoms with Crippen LogP contribution in [0, 0.1) is 6.08 Å². The molecule has 5 aromatic carbocycles. The van der Waals surface area contributed by atoms with E-state index in [0.717, 1.165) is 30.3 Å². The van der Waals surface area contributed by atoms with Crippen molar-refractivity contribution in [3.63, 3.8) is 0 Å². The first kappa shape index (κ1) is 41.7. The van der Waals surface area contributed by atoms with Crippen molar-refractivity contribution in [3.8, 4) is 0 Å². The summed E-state index contributed by atoms with van der Waals surface area (Å²) in [6, 6.07) is 34.3. The Morgan fingerprint density at radius 3 is 1.29 bits per heavy atom. The van der Waals surface area contributed by atoms with Gasteiger partial charge in [0, 0.05) is 0 Å². The van der Waals surface area contributed by atoms with Crippen molar-refractivity contribution in [2.45, 2.75) is 98.3 Å². The third kappa shape index (κ3) is 11.0. The minimum absolute atomic E-state index is 0. The molecule has 1 aliphatic carbocycles. The molecule has 0 spiro atoms. The SMILES string of the molecule is CC(C)(C)c1ccc2c(c1)[cH-]c1cc(C(C)(C)C)ccc12.CC(C)c1ccc([C](=[Hf+2])c2ccc(C(C)C)cc2)cc1.[C-]1=CC=CC1.[Cl-].[Cl-]. The predicted molar refractivity (Wildman–Crippen MR) is 200 cm³/mol. The maximum atomic E-state index is 2.99. The molecule has 5 aromatic rings. The molecule has 0 bridgehead atoms. The van der Waals surface area contributed by atoms with Gasteiger partial charge in [-0.25, -0.2) is 12.2 Å². The van der Waals surface area contributed by atoms with E-state index in [2.05, 4.69) is 172 Å². The first-order valence-electron chi connectivity index (χ1n) is 16.8. The molecule has 0 saturated carbocycles. The van der Waals surface area contributed by atoms with E-state index in [9.17, 15) is 0 Å². The summed E-state index contributed by atoms with van der Waals surface area (Å²) in [7, 11) is 0. The number of halogens is 2. The maximum Gasteiger partial charge on any atom is -0.109 e. The molecule has 3 heteroatoms. The van der Waals surface area contributed by atoms with Gasteiger partial charge < -0.3 is 24.8 Å². The second-order valence-corrected chi connectivity index (χ2v) is 17.0. The quantitative estimate of drug-likeness (QED) is 0.140. The van der Waals surface area contributed by atoms with Gasteiger partial charge in [-0.15, -0.1) is 46.2 Å². The van der Waals surface area contributed by atoms with Crippen molar-refractivity contribution in [3.05, 3.63) is 149 Å². The molecule has 252 valence electrons. The van der Waals surface area contributed by atoms with Gasteiger partial charge in [0.2, 0.25) is 0 Å². The van der Waals surface area contributed by atoms with Gasteiger partial charge in [0.05, 0.1) is 0 Å². The largest absolute Gasteiger partial charge is 1.00 e. The van der Waals surface area contributed by atoms with Crippen LogP contribution in [0.15, 0.2) is 109 Å². The zero-order chi connectivity index (χ0) is 33.6. The molecule has 0 radical (unpaired) electrons. The summed E-state index contributed by atoms with van der Waals surface area (Å²) in [6.07, 6.45) is 10.0. The summed E-state index contributed by atoms with van der Waals surface area (Å²) in [5, 5.41) is 5.48. The van der Waals surface area contributed by atoms with Gasteiger partial charge in [-0.05, 0) is 10.8 Å². The van der Waals surface area contributed by atoms with Crippen LogP contribution in [0.3, 0.4) is 0 Å². The van der Waals surface area contributed by atoms with Crippen molar-refractivity contribution in [2.75, 3.05) is 0 Å². The second kappa shape index (κ2) is 18.0. The number of allylic oxidation sites excluding steroid dienone is 4. The molecule has 0 N–H and O–H groups in total. The van der Waals surface area contributed by atoms with E-state index in [1.54, 1.807) is 0 Å². The Morgan fingerprint density at radius 1 is 0.625 bits per heavy atom. The Bertz CT molecular complexity index is 1690. The maximum absolute atomic E-state index is 2.99. The van der Waals surface area contributed by atoms with E-state index >= 15 is 0 Å². The molecule has 0 aliphatic heterocycles. The number of hydrogen-bond acceptors (Lipinski definition) is 0. The van der Waals surface area contributed by atoms with Gasteiger partial charge in [-0.3, -0.25) is 6.08 Å². The molecular formula is C45H52Cl2Hf-2. The summed E-state index contributed by atoms with van der Waals surface area (Å²) >= 11 is 1.07. The Hall–Kier alpha value is -2.45. The standard InChI is InChI=1S/C21H25.C19H22.C5H5.2ClH.Hf/c1-20(2,3)16-7-9-18-14(12-16)11-15-13-17(21(4,5)6)8-10-19(15)18;1-14(2)18-9-5-16(6-10-18)13-17-7-11-19(12-8-17)15(3)4;1-2-4-5-3-1;;;/h7-13H,1-6H3;5-12,14-15H,1-4H3;1-3H,4H2;2*1H;/q-1;;-1;;;+2/p-2. The van der Waals surface area contributed by atoms with Gasteiger partial charge in [-0.1, -0.05) is 76.9 Å². The third-order valence-corrected chi connectivity index (χ3v) is 10.8. The van der Waals surface area contributed by atoms with Crippen molar-refractivity contribution < 1.29 is 48.7 Å². The van der Waals surface area contributed by atoms with Gasteiger partial charge >= 0.3 is 137 Å². The Balaban J connectivity index is 0.000000281. The first-order chi connectivity index (χ1) is 21.6. The van der Waals surface area contributed by atoms with E-state index in [4.69, 9.17) is 0 Å². The van der Waals surface area contributed by atoms with Crippen molar-refractivity contribution >= 4 is 24.8 Å². The van der Waals surface area contributed by atoms with Crippen LogP contribution in [0.5, 0.6) is 0 Å². The third-order valence-electron chi connectivity index (χ3n) is 8.75. The minimum atomic E-state index is 0. The molecule has 0 fully saturated rings. The van der Waals surface area contributed by atoms with Crippen LogP contribution in [-0.4, -0.2) is 3.26 Å². The van der Waals surface area contributed by atoms with Crippen LogP contribution < -0.4 is 24.8 Å². The normalized spacial score (nSPS) is 12.3. The van der Waals surface area contributed by atoms with E-state index < -0.39 is 0 Å². The zero-order valence-electron chi connectivity index (χ0n) is 30.5. The second-order valence-electron chi connectivity index (χ2n) is 15.2. The number of fused-ring (bicyclic) bond motifs is 3. The van der Waals surface area contributed by atoms with Crippen LogP contribution >= 0.6 is 0 Å². The van der Waals surface area contributed by atoms with E-state index in [1.807, 2.05) is 12.2 Å². The molecule has 6 rings (SSSR count). The molecule has 48 heavy (non-hydrogen) atoms. The topological polar surface area (TPSA) is 0 Å². The molecule has 0 nitrogen and oxygen atoms in total. The Kier molecular flexibility index (Phi) is 15.6. The van der Waals surface area contributed by atoms with Crippen LogP contribution in [0.25, 0.3) is 21.5 Å². The van der Waals surface area contributed by atoms with Gasteiger partial charge in [-0.2, -0.15) is 6.08 Å². The van der Waals surface area contributed by atoms with E-state index in [0.29, 0.717) is 11.8 Å². The number of hydrogen-bond donors (Lipinski definition) is 0. The summed E-state index contributed by atoms with van der Waals surface area (Å²) in [5.74, 6) is 1.21. The van der Waals surface area contributed by atoms with E-state index in [1.165, 1.54) is 58.2 Å². The molecular weight excluding hydrogens is 790 g/mol. The van der Waals surface area contributed by atoms with Crippen molar-refractivity contribution in [1.29, 1.82) is 0 Å². The minimum Gasteiger partial charge on any atom is -1.00 e. The molecule has 0 aromatic heterocycles. The fourth-order valence-electron chi connectivity index (χ4n) is 5.53. The summed E-state index contributed by atoms with van der Waals surface area (Å²) in [6.45, 7) is 22.6. The molecule has 0 unspecified atom stereocenters. The van der Waals surface area contributed by atoms with Crippen LogP contribution in [0.4, 0.5) is 0 Å². The molecule has 1 aliphatic rings.